The van der Waals surface area contributed by atoms with Gasteiger partial charge in [-0.3, -0.25) is 24.6 Å². The van der Waals surface area contributed by atoms with Crippen LogP contribution in [0.15, 0.2) is 24.3 Å². The van der Waals surface area contributed by atoms with Gasteiger partial charge in [0.05, 0.1) is 13.7 Å². The van der Waals surface area contributed by atoms with E-state index >= 15 is 0 Å². The van der Waals surface area contributed by atoms with E-state index in [1.165, 1.54) is 0 Å². The third kappa shape index (κ3) is 5.84. The van der Waals surface area contributed by atoms with Gasteiger partial charge in [0.1, 0.15) is 5.75 Å². The van der Waals surface area contributed by atoms with Crippen molar-refractivity contribution in [3.05, 3.63) is 29.8 Å². The predicted molar refractivity (Wildman–Crippen MR) is 97.9 cm³/mol. The molecule has 2 N–H and O–H groups in total. The number of piperidine rings is 1. The zero-order valence-electron chi connectivity index (χ0n) is 15.6. The fraction of sp³-hybridized carbons (Fsp3) is 0.526. The number of carbonyl (C=O) groups excluding carboxylic acids is 3. The number of rotatable bonds is 6. The Balaban J connectivity index is 1.74. The van der Waals surface area contributed by atoms with Crippen LogP contribution in [-0.4, -0.2) is 55.4 Å². The van der Waals surface area contributed by atoms with Crippen LogP contribution in [0.3, 0.4) is 0 Å². The van der Waals surface area contributed by atoms with Gasteiger partial charge < -0.3 is 10.1 Å². The molecule has 2 rings (SSSR count). The van der Waals surface area contributed by atoms with Gasteiger partial charge >= 0.3 is 0 Å². The molecule has 0 spiro atoms. The molecule has 0 aliphatic carbocycles. The van der Waals surface area contributed by atoms with Crippen molar-refractivity contribution < 1.29 is 19.1 Å². The van der Waals surface area contributed by atoms with E-state index in [4.69, 9.17) is 4.74 Å². The average Bonchev–Trinajstić information content (AvgIpc) is 2.63. The van der Waals surface area contributed by atoms with Crippen LogP contribution in [0.2, 0.25) is 0 Å². The van der Waals surface area contributed by atoms with Gasteiger partial charge in [-0.1, -0.05) is 13.8 Å². The second-order valence-corrected chi connectivity index (χ2v) is 6.82. The molecule has 0 unspecified atom stereocenters. The van der Waals surface area contributed by atoms with Crippen LogP contribution in [-0.2, 0) is 9.59 Å². The Hall–Kier alpha value is -2.41. The maximum atomic E-state index is 12.1. The summed E-state index contributed by atoms with van der Waals surface area (Å²) in [7, 11) is 1.55. The molecule has 1 aromatic carbocycles. The first-order valence-electron chi connectivity index (χ1n) is 8.90. The van der Waals surface area contributed by atoms with E-state index in [1.54, 1.807) is 31.4 Å². The second kappa shape index (κ2) is 9.33. The number of amides is 3. The normalized spacial score (nSPS) is 15.5. The van der Waals surface area contributed by atoms with Crippen molar-refractivity contribution >= 4 is 17.7 Å². The van der Waals surface area contributed by atoms with Gasteiger partial charge in [-0.05, 0) is 37.1 Å². The molecule has 1 aliphatic heterocycles. The standard InChI is InChI=1S/C19H27N3O4/c1-13(2)18(24)20-15-8-10-22(11-9-15)12-17(23)21-19(25)14-4-6-16(26-3)7-5-14/h4-7,13,15H,8-12H2,1-3H3,(H,20,24)(H,21,23,25). The first kappa shape index (κ1) is 19.9. The number of hydrogen-bond donors (Lipinski definition) is 2. The summed E-state index contributed by atoms with van der Waals surface area (Å²) in [4.78, 5) is 37.9. The monoisotopic (exact) mass is 361 g/mol. The summed E-state index contributed by atoms with van der Waals surface area (Å²) >= 11 is 0. The Morgan fingerprint density at radius 3 is 2.31 bits per heavy atom. The molecule has 0 saturated carbocycles. The molecule has 1 heterocycles. The highest BCUT2D eigenvalue weighted by Gasteiger charge is 2.23. The van der Waals surface area contributed by atoms with Crippen LogP contribution >= 0.6 is 0 Å². The zero-order chi connectivity index (χ0) is 19.1. The summed E-state index contributed by atoms with van der Waals surface area (Å²) in [5, 5.41) is 5.43. The average molecular weight is 361 g/mol. The number of nitrogens with zero attached hydrogens (tertiary/aromatic N) is 1. The molecule has 0 radical (unpaired) electrons. The molecule has 0 bridgehead atoms. The molecule has 1 saturated heterocycles. The minimum atomic E-state index is -0.420. The molecular formula is C19H27N3O4. The summed E-state index contributed by atoms with van der Waals surface area (Å²) in [6.45, 7) is 5.34. The van der Waals surface area contributed by atoms with E-state index in [-0.39, 0.29) is 30.3 Å². The second-order valence-electron chi connectivity index (χ2n) is 6.82. The van der Waals surface area contributed by atoms with Crippen molar-refractivity contribution in [3.8, 4) is 5.75 Å². The highest BCUT2D eigenvalue weighted by molar-refractivity contribution is 6.05. The third-order valence-electron chi connectivity index (χ3n) is 4.43. The van der Waals surface area contributed by atoms with Gasteiger partial charge in [-0.15, -0.1) is 0 Å². The predicted octanol–water partition coefficient (Wildman–Crippen LogP) is 1.19. The SMILES string of the molecule is COc1ccc(C(=O)NC(=O)CN2CCC(NC(=O)C(C)C)CC2)cc1. The molecule has 7 heteroatoms. The highest BCUT2D eigenvalue weighted by Crippen LogP contribution is 2.12. The fourth-order valence-corrected chi connectivity index (χ4v) is 2.79. The number of hydrogen-bond acceptors (Lipinski definition) is 5. The molecule has 0 aromatic heterocycles. The minimum absolute atomic E-state index is 0.0252. The molecule has 3 amide bonds. The number of carbonyl (C=O) groups is 3. The Labute approximate surface area is 154 Å². The molecule has 7 nitrogen and oxygen atoms in total. The number of nitrogens with one attached hydrogen (secondary N) is 2. The Kier molecular flexibility index (Phi) is 7.15. The maximum Gasteiger partial charge on any atom is 0.257 e. The van der Waals surface area contributed by atoms with Crippen LogP contribution in [0.5, 0.6) is 5.75 Å². The Morgan fingerprint density at radius 2 is 1.77 bits per heavy atom. The van der Waals surface area contributed by atoms with Gasteiger partial charge in [0, 0.05) is 30.6 Å². The van der Waals surface area contributed by atoms with Gasteiger partial charge in [-0.2, -0.15) is 0 Å². The van der Waals surface area contributed by atoms with Crippen molar-refractivity contribution in [2.24, 2.45) is 5.92 Å². The molecule has 26 heavy (non-hydrogen) atoms. The summed E-state index contributed by atoms with van der Waals surface area (Å²) in [6, 6.07) is 6.74. The summed E-state index contributed by atoms with van der Waals surface area (Å²) in [6.07, 6.45) is 1.61. The smallest absolute Gasteiger partial charge is 0.257 e. The maximum absolute atomic E-state index is 12.1. The van der Waals surface area contributed by atoms with Crippen molar-refractivity contribution in [2.45, 2.75) is 32.7 Å². The number of methoxy groups -OCH3 is 1. The van der Waals surface area contributed by atoms with E-state index in [0.29, 0.717) is 24.4 Å². The lowest BCUT2D eigenvalue weighted by Gasteiger charge is -2.32. The molecular weight excluding hydrogens is 334 g/mol. The van der Waals surface area contributed by atoms with Gasteiger partial charge in [0.25, 0.3) is 5.91 Å². The first-order valence-corrected chi connectivity index (χ1v) is 8.90. The van der Waals surface area contributed by atoms with E-state index < -0.39 is 5.91 Å². The van der Waals surface area contributed by atoms with Gasteiger partial charge in [-0.25, -0.2) is 0 Å². The highest BCUT2D eigenvalue weighted by atomic mass is 16.5. The molecule has 1 fully saturated rings. The summed E-state index contributed by atoms with van der Waals surface area (Å²) in [5.74, 6) is -0.0541. The molecule has 0 atom stereocenters. The van der Waals surface area contributed by atoms with Crippen molar-refractivity contribution in [1.29, 1.82) is 0 Å². The van der Waals surface area contributed by atoms with Crippen LogP contribution in [0.25, 0.3) is 0 Å². The van der Waals surface area contributed by atoms with Crippen LogP contribution < -0.4 is 15.4 Å². The largest absolute Gasteiger partial charge is 0.497 e. The summed E-state index contributed by atoms with van der Waals surface area (Å²) in [5.41, 5.74) is 0.411. The minimum Gasteiger partial charge on any atom is -0.497 e. The fourth-order valence-electron chi connectivity index (χ4n) is 2.79. The van der Waals surface area contributed by atoms with E-state index in [1.807, 2.05) is 18.7 Å². The number of likely N-dealkylation sites (tertiary alicyclic amines) is 1. The van der Waals surface area contributed by atoms with Crippen molar-refractivity contribution in [1.82, 2.24) is 15.5 Å². The quantitative estimate of drug-likeness (QED) is 0.795. The Morgan fingerprint density at radius 1 is 1.15 bits per heavy atom. The lowest BCUT2D eigenvalue weighted by atomic mass is 10.0. The lowest BCUT2D eigenvalue weighted by Crippen LogP contribution is -2.48. The van der Waals surface area contributed by atoms with Gasteiger partial charge in [0.15, 0.2) is 0 Å². The van der Waals surface area contributed by atoms with E-state index in [2.05, 4.69) is 10.6 Å². The molecule has 142 valence electrons. The van der Waals surface area contributed by atoms with Gasteiger partial charge in [0.2, 0.25) is 11.8 Å². The van der Waals surface area contributed by atoms with Crippen LogP contribution in [0, 0.1) is 5.92 Å². The van der Waals surface area contributed by atoms with E-state index in [9.17, 15) is 14.4 Å². The van der Waals surface area contributed by atoms with E-state index in [0.717, 1.165) is 12.8 Å². The topological polar surface area (TPSA) is 87.7 Å². The number of ether oxygens (including phenoxy) is 1. The molecule has 1 aliphatic rings. The number of benzene rings is 1. The summed E-state index contributed by atoms with van der Waals surface area (Å²) < 4.78 is 5.04. The van der Waals surface area contributed by atoms with Crippen molar-refractivity contribution in [3.63, 3.8) is 0 Å². The first-order chi connectivity index (χ1) is 12.4. The Bertz CT molecular complexity index is 635. The zero-order valence-corrected chi connectivity index (χ0v) is 15.6. The number of imide groups is 1. The lowest BCUT2D eigenvalue weighted by molar-refractivity contribution is -0.125. The third-order valence-corrected chi connectivity index (χ3v) is 4.43. The van der Waals surface area contributed by atoms with Crippen LogP contribution in [0.4, 0.5) is 0 Å². The van der Waals surface area contributed by atoms with Crippen molar-refractivity contribution in [2.75, 3.05) is 26.7 Å². The van der Waals surface area contributed by atoms with Crippen LogP contribution in [0.1, 0.15) is 37.0 Å². The molecule has 1 aromatic rings.